The summed E-state index contributed by atoms with van der Waals surface area (Å²) in [7, 11) is 1.93. The molecular weight excluding hydrogens is 355 g/mol. The van der Waals surface area contributed by atoms with Crippen molar-refractivity contribution in [3.63, 3.8) is 0 Å². The Kier molecular flexibility index (Phi) is 4.47. The highest BCUT2D eigenvalue weighted by Gasteiger charge is 2.22. The van der Waals surface area contributed by atoms with Gasteiger partial charge in [-0.05, 0) is 61.4 Å². The number of carbonyl (C=O) groups is 1. The fourth-order valence-corrected chi connectivity index (χ4v) is 3.59. The van der Waals surface area contributed by atoms with E-state index in [0.717, 1.165) is 39.1 Å². The largest absolute Gasteiger partial charge is 0.328 e. The van der Waals surface area contributed by atoms with Crippen molar-refractivity contribution >= 4 is 16.8 Å². The van der Waals surface area contributed by atoms with E-state index in [4.69, 9.17) is 0 Å². The second-order valence-corrected chi connectivity index (χ2v) is 6.83. The van der Waals surface area contributed by atoms with Crippen molar-refractivity contribution in [2.45, 2.75) is 20.3 Å². The van der Waals surface area contributed by atoms with Crippen molar-refractivity contribution in [2.75, 3.05) is 0 Å². The number of carbonyl (C=O) groups excluding carboxylic acids is 1. The molecule has 0 radical (unpaired) electrons. The van der Waals surface area contributed by atoms with Crippen LogP contribution in [0.3, 0.4) is 0 Å². The van der Waals surface area contributed by atoms with Crippen LogP contribution in [0.4, 0.5) is 4.39 Å². The maximum atomic E-state index is 13.5. The summed E-state index contributed by atoms with van der Waals surface area (Å²) in [5, 5.41) is 0.917. The van der Waals surface area contributed by atoms with E-state index < -0.39 is 0 Å². The van der Waals surface area contributed by atoms with E-state index in [1.165, 1.54) is 19.1 Å². The molecule has 0 saturated heterocycles. The molecular formula is C22H19FN4O. The molecule has 28 heavy (non-hydrogen) atoms. The Morgan fingerprint density at radius 1 is 1.04 bits per heavy atom. The first-order valence-corrected chi connectivity index (χ1v) is 8.97. The number of aromatic nitrogens is 4. The normalized spacial score (nSPS) is 11.1. The quantitative estimate of drug-likeness (QED) is 0.535. The number of benzene rings is 1. The van der Waals surface area contributed by atoms with Crippen molar-refractivity contribution in [1.82, 2.24) is 19.5 Å². The van der Waals surface area contributed by atoms with Crippen molar-refractivity contribution in [2.24, 2.45) is 7.05 Å². The first-order valence-electron chi connectivity index (χ1n) is 8.97. The second-order valence-electron chi connectivity index (χ2n) is 6.83. The van der Waals surface area contributed by atoms with Gasteiger partial charge >= 0.3 is 0 Å². The molecule has 0 saturated carbocycles. The average molecular weight is 374 g/mol. The molecule has 6 heteroatoms. The van der Waals surface area contributed by atoms with Gasteiger partial charge in [0.15, 0.2) is 0 Å². The van der Waals surface area contributed by atoms with Gasteiger partial charge in [-0.15, -0.1) is 0 Å². The summed E-state index contributed by atoms with van der Waals surface area (Å²) < 4.78 is 15.5. The molecule has 0 amide bonds. The van der Waals surface area contributed by atoms with E-state index in [1.54, 1.807) is 24.5 Å². The van der Waals surface area contributed by atoms with E-state index in [2.05, 4.69) is 15.0 Å². The molecule has 0 atom stereocenters. The number of nitrogens with zero attached hydrogens (tertiary/aromatic N) is 4. The lowest BCUT2D eigenvalue weighted by atomic mass is 9.99. The van der Waals surface area contributed by atoms with E-state index in [1.807, 2.05) is 30.7 Å². The Hall–Kier alpha value is -3.41. The van der Waals surface area contributed by atoms with Crippen LogP contribution >= 0.6 is 0 Å². The monoisotopic (exact) mass is 374 g/mol. The lowest BCUT2D eigenvalue weighted by Crippen LogP contribution is -2.05. The zero-order chi connectivity index (χ0) is 19.8. The molecule has 0 N–H and O–H groups in total. The second kappa shape index (κ2) is 6.96. The van der Waals surface area contributed by atoms with Crippen molar-refractivity contribution < 1.29 is 9.18 Å². The number of halogens is 1. The fourth-order valence-electron chi connectivity index (χ4n) is 3.59. The number of pyridine rings is 1. The van der Waals surface area contributed by atoms with E-state index in [0.29, 0.717) is 5.82 Å². The highest BCUT2D eigenvalue weighted by molar-refractivity contribution is 6.04. The summed E-state index contributed by atoms with van der Waals surface area (Å²) in [4.78, 5) is 24.9. The van der Waals surface area contributed by atoms with E-state index >= 15 is 0 Å². The Labute approximate surface area is 161 Å². The Morgan fingerprint density at radius 3 is 2.36 bits per heavy atom. The third kappa shape index (κ3) is 3.07. The summed E-state index contributed by atoms with van der Waals surface area (Å²) >= 11 is 0. The van der Waals surface area contributed by atoms with Crippen LogP contribution in [-0.2, 0) is 18.3 Å². The number of aryl methyl sites for hydroxylation is 2. The topological polar surface area (TPSA) is 60.7 Å². The molecule has 0 bridgehead atoms. The Bertz CT molecular complexity index is 1180. The predicted octanol–water partition coefficient (Wildman–Crippen LogP) is 4.28. The molecule has 0 unspecified atom stereocenters. The van der Waals surface area contributed by atoms with Crippen molar-refractivity contribution in [3.05, 3.63) is 66.1 Å². The molecule has 3 aromatic heterocycles. The Balaban J connectivity index is 2.09. The maximum Gasteiger partial charge on any atom is 0.144 e. The van der Waals surface area contributed by atoms with Gasteiger partial charge in [0.05, 0.1) is 17.8 Å². The number of hydrogen-bond donors (Lipinski definition) is 0. The van der Waals surface area contributed by atoms with Crippen LogP contribution in [0.5, 0.6) is 0 Å². The molecule has 4 aromatic rings. The number of fused-ring (bicyclic) bond motifs is 1. The number of Topliss-reactive ketones (excluding diaryl/α,β-unsaturated/α-hetero) is 1. The average Bonchev–Trinajstić information content (AvgIpc) is 2.96. The molecule has 0 fully saturated rings. The zero-order valence-electron chi connectivity index (χ0n) is 15.9. The van der Waals surface area contributed by atoms with Crippen LogP contribution in [0.15, 0.2) is 48.8 Å². The summed E-state index contributed by atoms with van der Waals surface area (Å²) in [6.07, 6.45) is 3.67. The lowest BCUT2D eigenvalue weighted by Gasteiger charge is -2.08. The third-order valence-corrected chi connectivity index (χ3v) is 4.75. The van der Waals surface area contributed by atoms with Gasteiger partial charge in [0.2, 0.25) is 0 Å². The van der Waals surface area contributed by atoms with Gasteiger partial charge in [-0.2, -0.15) is 0 Å². The molecule has 0 aliphatic carbocycles. The summed E-state index contributed by atoms with van der Waals surface area (Å²) in [6.45, 7) is 3.45. The van der Waals surface area contributed by atoms with Crippen LogP contribution in [0.25, 0.3) is 33.4 Å². The minimum atomic E-state index is -0.285. The van der Waals surface area contributed by atoms with Gasteiger partial charge in [0.25, 0.3) is 0 Å². The molecule has 1 aromatic carbocycles. The van der Waals surface area contributed by atoms with E-state index in [9.17, 15) is 9.18 Å². The van der Waals surface area contributed by atoms with Crippen LogP contribution < -0.4 is 0 Å². The smallest absolute Gasteiger partial charge is 0.144 e. The maximum absolute atomic E-state index is 13.5. The van der Waals surface area contributed by atoms with Crippen LogP contribution in [-0.4, -0.2) is 25.3 Å². The molecule has 5 nitrogen and oxygen atoms in total. The molecule has 0 aliphatic heterocycles. The van der Waals surface area contributed by atoms with Gasteiger partial charge in [-0.1, -0.05) is 0 Å². The van der Waals surface area contributed by atoms with Crippen molar-refractivity contribution in [3.8, 4) is 22.4 Å². The number of ketones is 1. The van der Waals surface area contributed by atoms with Crippen LogP contribution in [0.1, 0.15) is 18.4 Å². The number of hydrogen-bond acceptors (Lipinski definition) is 4. The molecule has 0 aliphatic rings. The van der Waals surface area contributed by atoms with Gasteiger partial charge in [0, 0.05) is 30.4 Å². The summed E-state index contributed by atoms with van der Waals surface area (Å²) in [5.74, 6) is 0.235. The molecule has 0 spiro atoms. The van der Waals surface area contributed by atoms with E-state index in [-0.39, 0.29) is 18.0 Å². The standard InChI is InChI=1S/C22H19FN4O/c1-13(28)12-18-25-14(2)19-20(15-8-10-24-11-9-15)21(27(3)22(19)26-18)16-4-6-17(23)7-5-16/h4-11H,12H2,1-3H3. The Morgan fingerprint density at radius 2 is 1.71 bits per heavy atom. The van der Waals surface area contributed by atoms with Crippen molar-refractivity contribution in [1.29, 1.82) is 0 Å². The van der Waals surface area contributed by atoms with Gasteiger partial charge in [-0.3, -0.25) is 9.78 Å². The molecule has 140 valence electrons. The minimum Gasteiger partial charge on any atom is -0.328 e. The molecule has 4 rings (SSSR count). The third-order valence-electron chi connectivity index (χ3n) is 4.75. The lowest BCUT2D eigenvalue weighted by molar-refractivity contribution is -0.116. The number of rotatable bonds is 4. The fraction of sp³-hybridized carbons (Fsp3) is 0.182. The SMILES string of the molecule is CC(=O)Cc1nc(C)c2c(-c3ccncc3)c(-c3ccc(F)cc3)n(C)c2n1. The van der Waals surface area contributed by atoms with Gasteiger partial charge < -0.3 is 4.57 Å². The first kappa shape index (κ1) is 18.0. The molecule has 3 heterocycles. The zero-order valence-corrected chi connectivity index (χ0v) is 15.9. The highest BCUT2D eigenvalue weighted by atomic mass is 19.1. The van der Waals surface area contributed by atoms with Crippen LogP contribution in [0.2, 0.25) is 0 Å². The highest BCUT2D eigenvalue weighted by Crippen LogP contribution is 2.40. The van der Waals surface area contributed by atoms with Gasteiger partial charge in [-0.25, -0.2) is 14.4 Å². The first-order chi connectivity index (χ1) is 13.5. The van der Waals surface area contributed by atoms with Gasteiger partial charge in [0.1, 0.15) is 23.1 Å². The summed E-state index contributed by atoms with van der Waals surface area (Å²) in [5.41, 5.74) is 5.29. The predicted molar refractivity (Wildman–Crippen MR) is 106 cm³/mol. The minimum absolute atomic E-state index is 0.0149. The summed E-state index contributed by atoms with van der Waals surface area (Å²) in [6, 6.07) is 10.3. The van der Waals surface area contributed by atoms with Crippen LogP contribution in [0, 0.1) is 12.7 Å².